The van der Waals surface area contributed by atoms with Crippen LogP contribution in [0.1, 0.15) is 24.5 Å². The Bertz CT molecular complexity index is 778. The van der Waals surface area contributed by atoms with Gasteiger partial charge in [0.05, 0.1) is 6.61 Å². The molecule has 0 radical (unpaired) electrons. The number of ether oxygens (including phenoxy) is 2. The molecule has 1 heterocycles. The Hall–Kier alpha value is -2.53. The average molecular weight is 383 g/mol. The predicted octanol–water partition coefficient (Wildman–Crippen LogP) is 3.51. The van der Waals surface area contributed by atoms with E-state index < -0.39 is 0 Å². The molecule has 5 heteroatoms. The van der Waals surface area contributed by atoms with Crippen molar-refractivity contribution in [3.8, 4) is 11.5 Å². The lowest BCUT2D eigenvalue weighted by Gasteiger charge is -2.23. The second-order valence-electron chi connectivity index (χ2n) is 7.11. The van der Waals surface area contributed by atoms with Crippen molar-refractivity contribution in [2.24, 2.45) is 0 Å². The van der Waals surface area contributed by atoms with Gasteiger partial charge in [0.1, 0.15) is 0 Å². The van der Waals surface area contributed by atoms with Gasteiger partial charge >= 0.3 is 0 Å². The summed E-state index contributed by atoms with van der Waals surface area (Å²) in [5.74, 6) is 1.33. The molecule has 0 spiro atoms. The highest BCUT2D eigenvalue weighted by molar-refractivity contribution is 5.77. The summed E-state index contributed by atoms with van der Waals surface area (Å²) in [6, 6.07) is 16.0. The molecule has 0 atom stereocenters. The Labute approximate surface area is 167 Å². The van der Waals surface area contributed by atoms with Gasteiger partial charge in [-0.2, -0.15) is 0 Å². The molecule has 0 saturated carbocycles. The number of nitrogens with zero attached hydrogens (tertiary/aromatic N) is 2. The van der Waals surface area contributed by atoms with E-state index in [9.17, 15) is 4.79 Å². The number of amides is 1. The van der Waals surface area contributed by atoms with Crippen molar-refractivity contribution in [2.45, 2.75) is 26.8 Å². The smallest absolute Gasteiger partial charge is 0.260 e. The number of carbonyl (C=O) groups excluding carboxylic acids is 1. The van der Waals surface area contributed by atoms with Crippen LogP contribution in [0.5, 0.6) is 11.5 Å². The minimum Gasteiger partial charge on any atom is -0.490 e. The van der Waals surface area contributed by atoms with Crippen LogP contribution in [0, 0.1) is 6.92 Å². The van der Waals surface area contributed by atoms with E-state index >= 15 is 0 Å². The first kappa shape index (κ1) is 20.2. The molecule has 1 fully saturated rings. The standard InChI is InChI=1S/C23H30N2O3/c1-3-27-21-11-6-7-12-22(21)28-18-23(26)25-14-8-13-24(15-16-25)17-20-10-5-4-9-19(20)2/h4-7,9-12H,3,8,13-18H2,1-2H3. The zero-order valence-corrected chi connectivity index (χ0v) is 16.9. The molecular weight excluding hydrogens is 352 g/mol. The highest BCUT2D eigenvalue weighted by atomic mass is 16.5. The average Bonchev–Trinajstić information content (AvgIpc) is 2.95. The maximum absolute atomic E-state index is 12.7. The molecule has 150 valence electrons. The summed E-state index contributed by atoms with van der Waals surface area (Å²) < 4.78 is 11.3. The van der Waals surface area contributed by atoms with E-state index in [1.807, 2.05) is 36.1 Å². The van der Waals surface area contributed by atoms with Crippen LogP contribution in [-0.2, 0) is 11.3 Å². The first-order valence-corrected chi connectivity index (χ1v) is 10.1. The zero-order chi connectivity index (χ0) is 19.8. The van der Waals surface area contributed by atoms with Gasteiger partial charge in [-0.25, -0.2) is 0 Å². The second-order valence-corrected chi connectivity index (χ2v) is 7.11. The van der Waals surface area contributed by atoms with Gasteiger partial charge in [-0.3, -0.25) is 9.69 Å². The lowest BCUT2D eigenvalue weighted by Crippen LogP contribution is -2.38. The second kappa shape index (κ2) is 10.1. The summed E-state index contributed by atoms with van der Waals surface area (Å²) in [6.45, 7) is 9.04. The van der Waals surface area contributed by atoms with E-state index in [0.717, 1.165) is 39.1 Å². The molecule has 0 N–H and O–H groups in total. The maximum atomic E-state index is 12.7. The summed E-state index contributed by atoms with van der Waals surface area (Å²) in [4.78, 5) is 17.0. The SMILES string of the molecule is CCOc1ccccc1OCC(=O)N1CCCN(Cc2ccccc2C)CC1. The summed E-state index contributed by atoms with van der Waals surface area (Å²) >= 11 is 0. The van der Waals surface area contributed by atoms with Crippen molar-refractivity contribution in [1.82, 2.24) is 9.80 Å². The number of benzene rings is 2. The normalized spacial score (nSPS) is 15.1. The number of aryl methyl sites for hydroxylation is 1. The molecule has 1 amide bonds. The molecule has 0 bridgehead atoms. The third-order valence-electron chi connectivity index (χ3n) is 5.10. The Morgan fingerprint density at radius 1 is 0.929 bits per heavy atom. The fourth-order valence-electron chi connectivity index (χ4n) is 3.48. The summed E-state index contributed by atoms with van der Waals surface area (Å²) in [6.07, 6.45) is 0.979. The Morgan fingerprint density at radius 2 is 1.64 bits per heavy atom. The van der Waals surface area contributed by atoms with Crippen LogP contribution in [0.4, 0.5) is 0 Å². The van der Waals surface area contributed by atoms with E-state index in [0.29, 0.717) is 18.1 Å². The Kier molecular flexibility index (Phi) is 7.31. The summed E-state index contributed by atoms with van der Waals surface area (Å²) in [5.41, 5.74) is 2.68. The van der Waals surface area contributed by atoms with Crippen molar-refractivity contribution in [2.75, 3.05) is 39.4 Å². The molecule has 1 saturated heterocycles. The highest BCUT2D eigenvalue weighted by Crippen LogP contribution is 2.26. The molecule has 2 aromatic rings. The number of carbonyl (C=O) groups is 1. The van der Waals surface area contributed by atoms with Crippen LogP contribution < -0.4 is 9.47 Å². The van der Waals surface area contributed by atoms with Crippen LogP contribution in [0.15, 0.2) is 48.5 Å². The van der Waals surface area contributed by atoms with Crippen molar-refractivity contribution in [1.29, 1.82) is 0 Å². The minimum absolute atomic E-state index is 0.0315. The maximum Gasteiger partial charge on any atom is 0.260 e. The molecule has 1 aliphatic heterocycles. The molecule has 28 heavy (non-hydrogen) atoms. The predicted molar refractivity (Wildman–Crippen MR) is 111 cm³/mol. The molecular formula is C23H30N2O3. The van der Waals surface area contributed by atoms with Crippen molar-refractivity contribution in [3.05, 3.63) is 59.7 Å². The fourth-order valence-corrected chi connectivity index (χ4v) is 3.48. The largest absolute Gasteiger partial charge is 0.490 e. The van der Waals surface area contributed by atoms with Gasteiger partial charge in [0.15, 0.2) is 18.1 Å². The molecule has 0 unspecified atom stereocenters. The molecule has 2 aromatic carbocycles. The van der Waals surface area contributed by atoms with Crippen LogP contribution in [0.25, 0.3) is 0 Å². The monoisotopic (exact) mass is 382 g/mol. The molecule has 5 nitrogen and oxygen atoms in total. The first-order chi connectivity index (χ1) is 13.7. The van der Waals surface area contributed by atoms with E-state index in [4.69, 9.17) is 9.47 Å². The van der Waals surface area contributed by atoms with Gasteiger partial charge in [-0.15, -0.1) is 0 Å². The first-order valence-electron chi connectivity index (χ1n) is 10.1. The van der Waals surface area contributed by atoms with E-state index in [1.165, 1.54) is 11.1 Å². The van der Waals surface area contributed by atoms with Gasteiger partial charge < -0.3 is 14.4 Å². The number of rotatable bonds is 7. The third-order valence-corrected chi connectivity index (χ3v) is 5.10. The fraction of sp³-hybridized carbons (Fsp3) is 0.435. The number of hydrogen-bond acceptors (Lipinski definition) is 4. The van der Waals surface area contributed by atoms with Gasteiger partial charge in [-0.1, -0.05) is 36.4 Å². The number of hydrogen-bond donors (Lipinski definition) is 0. The quantitative estimate of drug-likeness (QED) is 0.735. The molecule has 3 rings (SSSR count). The lowest BCUT2D eigenvalue weighted by atomic mass is 10.1. The molecule has 1 aliphatic rings. The van der Waals surface area contributed by atoms with E-state index in [-0.39, 0.29) is 12.5 Å². The van der Waals surface area contributed by atoms with Gasteiger partial charge in [0, 0.05) is 32.7 Å². The highest BCUT2D eigenvalue weighted by Gasteiger charge is 2.20. The molecule has 0 aromatic heterocycles. The van der Waals surface area contributed by atoms with E-state index in [2.05, 4.69) is 36.1 Å². The van der Waals surface area contributed by atoms with Crippen molar-refractivity contribution in [3.63, 3.8) is 0 Å². The van der Waals surface area contributed by atoms with Crippen molar-refractivity contribution < 1.29 is 14.3 Å². The Balaban J connectivity index is 1.51. The van der Waals surface area contributed by atoms with Crippen LogP contribution >= 0.6 is 0 Å². The lowest BCUT2D eigenvalue weighted by molar-refractivity contribution is -0.133. The minimum atomic E-state index is 0.0315. The van der Waals surface area contributed by atoms with Gasteiger partial charge in [0.25, 0.3) is 5.91 Å². The zero-order valence-electron chi connectivity index (χ0n) is 16.9. The number of para-hydroxylation sites is 2. The topological polar surface area (TPSA) is 42.0 Å². The summed E-state index contributed by atoms with van der Waals surface area (Å²) in [7, 11) is 0. The summed E-state index contributed by atoms with van der Waals surface area (Å²) in [5, 5.41) is 0. The third kappa shape index (κ3) is 5.49. The van der Waals surface area contributed by atoms with Crippen molar-refractivity contribution >= 4 is 5.91 Å². The van der Waals surface area contributed by atoms with Crippen LogP contribution in [0.2, 0.25) is 0 Å². The van der Waals surface area contributed by atoms with E-state index in [1.54, 1.807) is 0 Å². The van der Waals surface area contributed by atoms with Gasteiger partial charge in [-0.05, 0) is 43.5 Å². The molecule has 0 aliphatic carbocycles. The Morgan fingerprint density at radius 3 is 2.39 bits per heavy atom. The van der Waals surface area contributed by atoms with Crippen LogP contribution in [-0.4, -0.2) is 55.1 Å². The van der Waals surface area contributed by atoms with Crippen LogP contribution in [0.3, 0.4) is 0 Å². The van der Waals surface area contributed by atoms with Gasteiger partial charge in [0.2, 0.25) is 0 Å².